The fourth-order valence-corrected chi connectivity index (χ4v) is 6.70. The van der Waals surface area contributed by atoms with Crippen molar-refractivity contribution in [3.05, 3.63) is 79.5 Å². The van der Waals surface area contributed by atoms with Crippen molar-refractivity contribution in [3.63, 3.8) is 0 Å². The maximum absolute atomic E-state index is 13.4. The predicted molar refractivity (Wildman–Crippen MR) is 143 cm³/mol. The van der Waals surface area contributed by atoms with E-state index in [1.54, 1.807) is 0 Å². The molecule has 0 bridgehead atoms. The van der Waals surface area contributed by atoms with Gasteiger partial charge < -0.3 is 15.4 Å². The van der Waals surface area contributed by atoms with Gasteiger partial charge in [-0.25, -0.2) is 0 Å². The number of aromatic amines is 1. The van der Waals surface area contributed by atoms with E-state index in [0.29, 0.717) is 23.4 Å². The van der Waals surface area contributed by atoms with Gasteiger partial charge in [0.25, 0.3) is 5.56 Å². The minimum atomic E-state index is -1.02. The van der Waals surface area contributed by atoms with Gasteiger partial charge in [-0.1, -0.05) is 71.8 Å². The van der Waals surface area contributed by atoms with Crippen LogP contribution in [0.2, 0.25) is 5.02 Å². The minimum Gasteiger partial charge on any atom is -0.389 e. The first-order chi connectivity index (χ1) is 16.4. The normalized spacial score (nSPS) is 24.9. The van der Waals surface area contributed by atoms with E-state index in [2.05, 4.69) is 26.2 Å². The zero-order valence-electron chi connectivity index (χ0n) is 19.3. The molecule has 1 aromatic heterocycles. The lowest BCUT2D eigenvalue weighted by molar-refractivity contribution is -0.0223. The van der Waals surface area contributed by atoms with Crippen LogP contribution < -0.4 is 10.9 Å². The van der Waals surface area contributed by atoms with Crippen molar-refractivity contribution in [2.75, 3.05) is 6.54 Å². The molecule has 0 radical (unpaired) electrons. The molecule has 1 aliphatic carbocycles. The van der Waals surface area contributed by atoms with Crippen LogP contribution in [0.1, 0.15) is 68.4 Å². The van der Waals surface area contributed by atoms with Crippen LogP contribution in [-0.2, 0) is 0 Å². The number of piperidine rings is 1. The fraction of sp³-hybridized carbons (Fsp3) is 0.464. The van der Waals surface area contributed by atoms with Crippen LogP contribution in [0.25, 0.3) is 10.9 Å². The van der Waals surface area contributed by atoms with Gasteiger partial charge in [0.05, 0.1) is 5.60 Å². The molecular weight excluding hydrogens is 512 g/mol. The Bertz CT molecular complexity index is 1210. The topological polar surface area (TPSA) is 65.1 Å². The summed E-state index contributed by atoms with van der Waals surface area (Å²) in [6.07, 6.45) is 8.87. The molecule has 2 fully saturated rings. The van der Waals surface area contributed by atoms with Crippen molar-refractivity contribution in [2.45, 2.75) is 68.9 Å². The second-order valence-corrected chi connectivity index (χ2v) is 11.6. The Hall–Kier alpha value is -1.66. The highest BCUT2D eigenvalue weighted by Crippen LogP contribution is 2.42. The average Bonchev–Trinajstić information content (AvgIpc) is 2.82. The molecule has 1 saturated carbocycles. The fourth-order valence-electron chi connectivity index (χ4n) is 6.19. The average molecular weight is 544 g/mol. The maximum Gasteiger partial charge on any atom is 0.252 e. The summed E-state index contributed by atoms with van der Waals surface area (Å²) in [5, 5.41) is 17.5. The van der Waals surface area contributed by atoms with Gasteiger partial charge in [0, 0.05) is 32.5 Å². The summed E-state index contributed by atoms with van der Waals surface area (Å²) >= 11 is 9.74. The van der Waals surface area contributed by atoms with Crippen LogP contribution >= 0.6 is 27.5 Å². The number of rotatable bonds is 5. The minimum absolute atomic E-state index is 0.148. The predicted octanol–water partition coefficient (Wildman–Crippen LogP) is 6.53. The Morgan fingerprint density at radius 1 is 1.09 bits per heavy atom. The van der Waals surface area contributed by atoms with E-state index in [0.717, 1.165) is 39.8 Å². The highest BCUT2D eigenvalue weighted by atomic mass is 79.9. The molecule has 2 aromatic carbocycles. The molecule has 34 heavy (non-hydrogen) atoms. The summed E-state index contributed by atoms with van der Waals surface area (Å²) in [5.74, 6) is 0.289. The molecule has 180 valence electrons. The third-order valence-corrected chi connectivity index (χ3v) is 8.57. The number of H-pyrrole nitrogens is 1. The number of benzene rings is 2. The Morgan fingerprint density at radius 2 is 1.85 bits per heavy atom. The summed E-state index contributed by atoms with van der Waals surface area (Å²) in [6, 6.07) is 15.6. The Morgan fingerprint density at radius 3 is 2.62 bits per heavy atom. The molecule has 0 amide bonds. The van der Waals surface area contributed by atoms with Crippen molar-refractivity contribution >= 4 is 38.4 Å². The van der Waals surface area contributed by atoms with Crippen LogP contribution in [0.3, 0.4) is 0 Å². The highest BCUT2D eigenvalue weighted by Gasteiger charge is 2.44. The van der Waals surface area contributed by atoms with Gasteiger partial charge in [-0.05, 0) is 79.1 Å². The molecule has 6 heteroatoms. The number of aromatic nitrogens is 1. The number of nitrogens with one attached hydrogen (secondary N) is 2. The zero-order valence-corrected chi connectivity index (χ0v) is 21.7. The van der Waals surface area contributed by atoms with Crippen molar-refractivity contribution in [1.82, 2.24) is 10.3 Å². The van der Waals surface area contributed by atoms with Crippen LogP contribution in [0.4, 0.5) is 0 Å². The van der Waals surface area contributed by atoms with Crippen LogP contribution in [0.5, 0.6) is 0 Å². The zero-order chi connectivity index (χ0) is 23.7. The third-order valence-electron chi connectivity index (χ3n) is 7.82. The van der Waals surface area contributed by atoms with Crippen molar-refractivity contribution in [3.8, 4) is 0 Å². The number of fused-ring (bicyclic) bond motifs is 1. The lowest BCUT2D eigenvalue weighted by atomic mass is 9.69. The van der Waals surface area contributed by atoms with E-state index >= 15 is 0 Å². The molecule has 0 spiro atoms. The summed E-state index contributed by atoms with van der Waals surface area (Å²) < 4.78 is 0.953. The lowest BCUT2D eigenvalue weighted by Crippen LogP contribution is -2.52. The van der Waals surface area contributed by atoms with Crippen LogP contribution in [0.15, 0.2) is 57.8 Å². The van der Waals surface area contributed by atoms with E-state index in [9.17, 15) is 9.90 Å². The van der Waals surface area contributed by atoms with Crippen LogP contribution in [-0.4, -0.2) is 28.3 Å². The van der Waals surface area contributed by atoms with Gasteiger partial charge in [0.15, 0.2) is 0 Å². The molecule has 2 heterocycles. The number of halogens is 2. The first-order valence-electron chi connectivity index (χ1n) is 12.4. The standard InChI is InChI=1S/C28H32BrClN2O2/c29-21-8-11-25-20(15-21)16-24(27(33)32-25)26(19-6-9-22(30)10-7-19)28(34)12-13-31-23(17-28)14-18-4-2-1-3-5-18/h6-11,15-16,18,23,26,31,34H,1-5,12-14,17H2,(H,32,33)/t23-,26?,28?/m0/s1. The Labute approximate surface area is 214 Å². The van der Waals surface area contributed by atoms with E-state index in [1.807, 2.05) is 48.5 Å². The molecule has 3 aromatic rings. The molecule has 3 atom stereocenters. The number of pyridine rings is 1. The SMILES string of the molecule is O=c1[nH]c2ccc(Br)cc2cc1C(c1ccc(Cl)cc1)C1(O)CCN[C@@H](CC2CCCCC2)C1. The van der Waals surface area contributed by atoms with Gasteiger partial charge >= 0.3 is 0 Å². The smallest absolute Gasteiger partial charge is 0.252 e. The van der Waals surface area contributed by atoms with E-state index < -0.39 is 11.5 Å². The van der Waals surface area contributed by atoms with E-state index in [1.165, 1.54) is 32.1 Å². The summed E-state index contributed by atoms with van der Waals surface area (Å²) in [4.78, 5) is 16.4. The van der Waals surface area contributed by atoms with Gasteiger partial charge in [0.2, 0.25) is 0 Å². The van der Waals surface area contributed by atoms with Gasteiger partial charge in [-0.3, -0.25) is 4.79 Å². The first kappa shape index (κ1) is 24.1. The number of hydrogen-bond donors (Lipinski definition) is 3. The quantitative estimate of drug-likeness (QED) is 0.343. The highest BCUT2D eigenvalue weighted by molar-refractivity contribution is 9.10. The van der Waals surface area contributed by atoms with Gasteiger partial charge in [-0.15, -0.1) is 0 Å². The molecular formula is C28H32BrClN2O2. The second-order valence-electron chi connectivity index (χ2n) is 10.2. The molecule has 1 saturated heterocycles. The van der Waals surface area contributed by atoms with Crippen molar-refractivity contribution in [2.24, 2.45) is 5.92 Å². The molecule has 4 nitrogen and oxygen atoms in total. The molecule has 2 aliphatic rings. The second kappa shape index (κ2) is 10.1. The maximum atomic E-state index is 13.4. The van der Waals surface area contributed by atoms with E-state index in [-0.39, 0.29) is 11.6 Å². The largest absolute Gasteiger partial charge is 0.389 e. The third kappa shape index (κ3) is 5.13. The van der Waals surface area contributed by atoms with Gasteiger partial charge in [0.1, 0.15) is 0 Å². The van der Waals surface area contributed by atoms with Crippen molar-refractivity contribution < 1.29 is 5.11 Å². The molecule has 3 N–H and O–H groups in total. The van der Waals surface area contributed by atoms with E-state index in [4.69, 9.17) is 11.6 Å². The monoisotopic (exact) mass is 542 g/mol. The summed E-state index contributed by atoms with van der Waals surface area (Å²) in [7, 11) is 0. The molecule has 5 rings (SSSR count). The van der Waals surface area contributed by atoms with Crippen LogP contribution in [0, 0.1) is 5.92 Å². The number of hydrogen-bond acceptors (Lipinski definition) is 3. The first-order valence-corrected chi connectivity index (χ1v) is 13.6. The summed E-state index contributed by atoms with van der Waals surface area (Å²) in [5.41, 5.74) is 1.15. The Kier molecular flexibility index (Phi) is 7.17. The summed E-state index contributed by atoms with van der Waals surface area (Å²) in [6.45, 7) is 0.745. The molecule has 1 aliphatic heterocycles. The lowest BCUT2D eigenvalue weighted by Gasteiger charge is -2.44. The van der Waals surface area contributed by atoms with Gasteiger partial charge in [-0.2, -0.15) is 0 Å². The van der Waals surface area contributed by atoms with Crippen molar-refractivity contribution in [1.29, 1.82) is 0 Å². The number of aliphatic hydroxyl groups is 1. The Balaban J connectivity index is 1.55. The molecule has 2 unspecified atom stereocenters.